The van der Waals surface area contributed by atoms with Crippen LogP contribution in [0.25, 0.3) is 17.0 Å². The summed E-state index contributed by atoms with van der Waals surface area (Å²) in [6.45, 7) is 11.2. The number of aromatic nitrogens is 1. The van der Waals surface area contributed by atoms with E-state index < -0.39 is 41.5 Å². The Morgan fingerprint density at radius 1 is 1.10 bits per heavy atom. The van der Waals surface area contributed by atoms with Gasteiger partial charge in [0.1, 0.15) is 24.2 Å². The van der Waals surface area contributed by atoms with E-state index in [9.17, 15) is 19.2 Å². The van der Waals surface area contributed by atoms with Crippen LogP contribution in [0.15, 0.2) is 36.4 Å². The first kappa shape index (κ1) is 30.2. The van der Waals surface area contributed by atoms with Crippen LogP contribution in [-0.4, -0.2) is 58.4 Å². The fraction of sp³-hybridized carbons (Fsp3) is 0.516. The number of hydrazine groups is 1. The summed E-state index contributed by atoms with van der Waals surface area (Å²) in [5.41, 5.74) is 4.25. The van der Waals surface area contributed by atoms with E-state index in [1.54, 1.807) is 33.8 Å². The molecule has 10 nitrogen and oxygen atoms in total. The van der Waals surface area contributed by atoms with Gasteiger partial charge in [0.05, 0.1) is 16.6 Å². The molecule has 0 radical (unpaired) electrons. The Morgan fingerprint density at radius 3 is 2.56 bits per heavy atom. The van der Waals surface area contributed by atoms with Gasteiger partial charge in [0.25, 0.3) is 5.91 Å². The molecule has 2 aromatic rings. The van der Waals surface area contributed by atoms with Crippen molar-refractivity contribution >= 4 is 40.7 Å². The number of esters is 1. The number of carbonyl (C=O) groups is 4. The van der Waals surface area contributed by atoms with E-state index in [-0.39, 0.29) is 17.7 Å². The van der Waals surface area contributed by atoms with E-state index >= 15 is 0 Å². The second-order valence-corrected chi connectivity index (χ2v) is 11.7. The van der Waals surface area contributed by atoms with Gasteiger partial charge in [-0.3, -0.25) is 24.2 Å². The van der Waals surface area contributed by atoms with Crippen molar-refractivity contribution in [1.29, 1.82) is 0 Å². The quantitative estimate of drug-likeness (QED) is 0.478. The Kier molecular flexibility index (Phi) is 9.11. The highest BCUT2D eigenvalue weighted by Gasteiger charge is 2.35. The van der Waals surface area contributed by atoms with E-state index in [0.29, 0.717) is 31.5 Å². The number of carbonyl (C=O) groups excluding carboxylic acids is 4. The molecule has 2 aliphatic rings. The van der Waals surface area contributed by atoms with Crippen molar-refractivity contribution in [3.63, 3.8) is 0 Å². The number of ether oxygens (including phenoxy) is 1. The number of hydrogen-bond donors (Lipinski definition) is 3. The standard InChI is InChI=1S/C31H41N5O5/c1-7-18(2)26-27(37)32-19(3)28(38)36-16-8-9-24(35-36)29(39)41-20(4)23-13-12-22-11-10-21(17-25(22)33-23)14-15-31(5,6)30(40)34-26/h10-15,17-20,24,26,35H,7-9,16H2,1-6H3,(H,32,37)(H,34,40). The highest BCUT2D eigenvalue weighted by atomic mass is 16.5. The van der Waals surface area contributed by atoms with E-state index in [1.807, 2.05) is 50.3 Å². The molecule has 2 aliphatic heterocycles. The molecular formula is C31H41N5O5. The van der Waals surface area contributed by atoms with Gasteiger partial charge in [-0.2, -0.15) is 0 Å². The smallest absolute Gasteiger partial charge is 0.325 e. The molecule has 5 bridgehead atoms. The Labute approximate surface area is 241 Å². The maximum absolute atomic E-state index is 13.4. The van der Waals surface area contributed by atoms with Crippen molar-refractivity contribution < 1.29 is 23.9 Å². The number of amides is 3. The van der Waals surface area contributed by atoms with Gasteiger partial charge in [0.2, 0.25) is 11.8 Å². The number of pyridine rings is 1. The predicted molar refractivity (Wildman–Crippen MR) is 156 cm³/mol. The zero-order valence-electron chi connectivity index (χ0n) is 24.7. The molecule has 3 amide bonds. The highest BCUT2D eigenvalue weighted by molar-refractivity contribution is 5.94. The minimum atomic E-state index is -0.925. The first-order chi connectivity index (χ1) is 19.4. The highest BCUT2D eigenvalue weighted by Crippen LogP contribution is 2.25. The van der Waals surface area contributed by atoms with Crippen molar-refractivity contribution in [2.45, 2.75) is 85.0 Å². The number of nitrogens with zero attached hydrogens (tertiary/aromatic N) is 2. The summed E-state index contributed by atoms with van der Waals surface area (Å²) >= 11 is 0. The molecule has 0 spiro atoms. The van der Waals surface area contributed by atoms with Crippen LogP contribution in [0, 0.1) is 11.3 Å². The lowest BCUT2D eigenvalue weighted by Gasteiger charge is -2.35. The van der Waals surface area contributed by atoms with Gasteiger partial charge < -0.3 is 15.4 Å². The Bertz CT molecular complexity index is 1360. The number of cyclic esters (lactones) is 1. The molecule has 41 heavy (non-hydrogen) atoms. The van der Waals surface area contributed by atoms with Gasteiger partial charge in [-0.05, 0) is 64.2 Å². The summed E-state index contributed by atoms with van der Waals surface area (Å²) < 4.78 is 5.76. The first-order valence-electron chi connectivity index (χ1n) is 14.4. The number of nitrogens with one attached hydrogen (secondary N) is 3. The van der Waals surface area contributed by atoms with Crippen molar-refractivity contribution in [3.05, 3.63) is 47.7 Å². The molecule has 10 heteroatoms. The van der Waals surface area contributed by atoms with Gasteiger partial charge in [0.15, 0.2) is 0 Å². The summed E-state index contributed by atoms with van der Waals surface area (Å²) in [6, 6.07) is 7.17. The Balaban J connectivity index is 1.71. The van der Waals surface area contributed by atoms with Crippen LogP contribution in [0.5, 0.6) is 0 Å². The van der Waals surface area contributed by atoms with Gasteiger partial charge in [0, 0.05) is 11.9 Å². The molecule has 1 fully saturated rings. The summed E-state index contributed by atoms with van der Waals surface area (Å²) in [7, 11) is 0. The van der Waals surface area contributed by atoms with Crippen LogP contribution in [0.2, 0.25) is 0 Å². The van der Waals surface area contributed by atoms with E-state index in [1.165, 1.54) is 5.01 Å². The minimum absolute atomic E-state index is 0.169. The first-order valence-corrected chi connectivity index (χ1v) is 14.4. The average molecular weight is 564 g/mol. The number of rotatable bonds is 2. The minimum Gasteiger partial charge on any atom is -0.455 e. The van der Waals surface area contributed by atoms with Crippen LogP contribution in [0.4, 0.5) is 0 Å². The van der Waals surface area contributed by atoms with E-state index in [2.05, 4.69) is 16.1 Å². The van der Waals surface area contributed by atoms with Crippen LogP contribution < -0.4 is 16.1 Å². The molecule has 5 unspecified atom stereocenters. The largest absolute Gasteiger partial charge is 0.455 e. The van der Waals surface area contributed by atoms with Gasteiger partial charge in [-0.1, -0.05) is 50.6 Å². The van der Waals surface area contributed by atoms with Gasteiger partial charge >= 0.3 is 5.97 Å². The summed E-state index contributed by atoms with van der Waals surface area (Å²) in [5, 5.41) is 8.00. The molecule has 0 saturated carbocycles. The second kappa shape index (κ2) is 12.4. The monoisotopic (exact) mass is 563 g/mol. The molecule has 4 rings (SSSR count). The maximum Gasteiger partial charge on any atom is 0.325 e. The summed E-state index contributed by atoms with van der Waals surface area (Å²) in [4.78, 5) is 57.8. The zero-order valence-corrected chi connectivity index (χ0v) is 24.7. The topological polar surface area (TPSA) is 130 Å². The zero-order chi connectivity index (χ0) is 29.9. The molecule has 1 saturated heterocycles. The molecule has 3 heterocycles. The number of fused-ring (bicyclic) bond motifs is 4. The Morgan fingerprint density at radius 2 is 1.83 bits per heavy atom. The van der Waals surface area contributed by atoms with Crippen molar-refractivity contribution in [2.75, 3.05) is 6.54 Å². The van der Waals surface area contributed by atoms with Crippen LogP contribution in [-0.2, 0) is 23.9 Å². The van der Waals surface area contributed by atoms with E-state index in [0.717, 1.165) is 16.5 Å². The predicted octanol–water partition coefficient (Wildman–Crippen LogP) is 3.42. The van der Waals surface area contributed by atoms with E-state index in [4.69, 9.17) is 9.72 Å². The lowest BCUT2D eigenvalue weighted by atomic mass is 9.89. The average Bonchev–Trinajstić information content (AvgIpc) is 2.96. The summed E-state index contributed by atoms with van der Waals surface area (Å²) in [5.74, 6) is -1.75. The molecule has 3 N–H and O–H groups in total. The number of benzene rings is 1. The maximum atomic E-state index is 13.4. The van der Waals surface area contributed by atoms with Crippen molar-refractivity contribution in [3.8, 4) is 0 Å². The molecule has 0 aliphatic carbocycles. The molecular weight excluding hydrogens is 522 g/mol. The third-order valence-electron chi connectivity index (χ3n) is 7.97. The summed E-state index contributed by atoms with van der Waals surface area (Å²) in [6.07, 6.45) is 4.81. The molecule has 1 aromatic heterocycles. The fourth-order valence-corrected chi connectivity index (χ4v) is 4.92. The van der Waals surface area contributed by atoms with Crippen LogP contribution >= 0.6 is 0 Å². The lowest BCUT2D eigenvalue weighted by Crippen LogP contribution is -2.61. The number of hydrogen-bond acceptors (Lipinski definition) is 7. The van der Waals surface area contributed by atoms with Crippen molar-refractivity contribution in [1.82, 2.24) is 26.1 Å². The molecule has 5 atom stereocenters. The van der Waals surface area contributed by atoms with Crippen LogP contribution in [0.3, 0.4) is 0 Å². The Hall–Kier alpha value is -3.79. The SMILES string of the molecule is CCC(C)C1NC(=O)C(C)(C)C=Cc2ccc3ccc(nc3c2)C(C)OC(=O)C2CCCN(N2)C(=O)C(C)NC1=O. The van der Waals surface area contributed by atoms with Gasteiger partial charge in [-0.15, -0.1) is 0 Å². The molecule has 1 aromatic carbocycles. The van der Waals surface area contributed by atoms with Crippen LogP contribution in [0.1, 0.15) is 78.2 Å². The van der Waals surface area contributed by atoms with Gasteiger partial charge in [-0.25, -0.2) is 10.4 Å². The normalized spacial score (nSPS) is 26.7. The lowest BCUT2D eigenvalue weighted by molar-refractivity contribution is -0.157. The fourth-order valence-electron chi connectivity index (χ4n) is 4.92. The third-order valence-corrected chi connectivity index (χ3v) is 7.97. The van der Waals surface area contributed by atoms with Crippen molar-refractivity contribution in [2.24, 2.45) is 11.3 Å². The third kappa shape index (κ3) is 6.93. The molecule has 220 valence electrons. The second-order valence-electron chi connectivity index (χ2n) is 11.7.